The molecule has 1 atom stereocenters. The van der Waals surface area contributed by atoms with Gasteiger partial charge in [-0.2, -0.15) is 0 Å². The van der Waals surface area contributed by atoms with Gasteiger partial charge in [0.25, 0.3) is 0 Å². The highest BCUT2D eigenvalue weighted by Crippen LogP contribution is 2.30. The first-order valence-corrected chi connectivity index (χ1v) is 6.44. The molecule has 4 N–H and O–H groups in total. The van der Waals surface area contributed by atoms with Crippen molar-refractivity contribution in [2.75, 3.05) is 24.2 Å². The highest BCUT2D eigenvalue weighted by atomic mass is 16.5. The number of hydrogen-bond donors (Lipinski definition) is 3. The fourth-order valence-corrected chi connectivity index (χ4v) is 1.66. The Morgan fingerprint density at radius 3 is 2.67 bits per heavy atom. The van der Waals surface area contributed by atoms with Gasteiger partial charge < -0.3 is 20.9 Å². The van der Waals surface area contributed by atoms with E-state index in [1.165, 1.54) is 0 Å². The van der Waals surface area contributed by atoms with Gasteiger partial charge in [0.05, 0.1) is 17.5 Å². The van der Waals surface area contributed by atoms with Gasteiger partial charge in [-0.05, 0) is 38.3 Å². The summed E-state index contributed by atoms with van der Waals surface area (Å²) in [4.78, 5) is 0. The number of ether oxygens (including phenoxy) is 1. The van der Waals surface area contributed by atoms with Crippen LogP contribution in [0, 0.1) is 5.92 Å². The molecule has 102 valence electrons. The van der Waals surface area contributed by atoms with Gasteiger partial charge in [0.1, 0.15) is 5.75 Å². The number of hydrogen-bond acceptors (Lipinski definition) is 4. The van der Waals surface area contributed by atoms with Crippen LogP contribution in [0.1, 0.15) is 27.2 Å². The van der Waals surface area contributed by atoms with Crippen molar-refractivity contribution < 1.29 is 9.84 Å². The van der Waals surface area contributed by atoms with E-state index < -0.39 is 0 Å². The number of aliphatic hydroxyl groups is 1. The van der Waals surface area contributed by atoms with E-state index in [1.807, 2.05) is 32.0 Å². The fraction of sp³-hybridized carbons (Fsp3) is 0.571. The van der Waals surface area contributed by atoms with Gasteiger partial charge in [-0.3, -0.25) is 0 Å². The van der Waals surface area contributed by atoms with Crippen LogP contribution in [0.4, 0.5) is 11.4 Å². The summed E-state index contributed by atoms with van der Waals surface area (Å²) in [7, 11) is 0. The third kappa shape index (κ3) is 4.45. The number of nitrogens with one attached hydrogen (secondary N) is 1. The van der Waals surface area contributed by atoms with Crippen LogP contribution in [0.5, 0.6) is 5.75 Å². The molecule has 0 bridgehead atoms. The summed E-state index contributed by atoms with van der Waals surface area (Å²) in [5.74, 6) is 1.12. The van der Waals surface area contributed by atoms with E-state index in [4.69, 9.17) is 15.6 Å². The maximum Gasteiger partial charge on any atom is 0.144 e. The lowest BCUT2D eigenvalue weighted by molar-refractivity contribution is 0.244. The van der Waals surface area contributed by atoms with Crippen molar-refractivity contribution in [1.29, 1.82) is 0 Å². The molecular formula is C14H24N2O2. The van der Waals surface area contributed by atoms with E-state index in [1.54, 1.807) is 0 Å². The minimum atomic E-state index is 0.107. The monoisotopic (exact) mass is 252 g/mol. The average molecular weight is 252 g/mol. The molecule has 0 heterocycles. The number of nitrogens with two attached hydrogens (primary N) is 1. The van der Waals surface area contributed by atoms with Gasteiger partial charge in [-0.15, -0.1) is 0 Å². The Morgan fingerprint density at radius 2 is 2.06 bits per heavy atom. The van der Waals surface area contributed by atoms with E-state index >= 15 is 0 Å². The minimum absolute atomic E-state index is 0.107. The van der Waals surface area contributed by atoms with E-state index in [-0.39, 0.29) is 12.7 Å². The fourth-order valence-electron chi connectivity index (χ4n) is 1.66. The SMILES string of the molecule is CC(CCO)CNc1cccc(OC(C)C)c1N. The molecule has 0 saturated carbocycles. The predicted octanol–water partition coefficient (Wildman–Crippen LogP) is 2.49. The van der Waals surface area contributed by atoms with Gasteiger partial charge in [-0.1, -0.05) is 13.0 Å². The second-order valence-corrected chi connectivity index (χ2v) is 4.88. The zero-order valence-corrected chi connectivity index (χ0v) is 11.4. The molecule has 0 aliphatic carbocycles. The molecule has 1 aromatic carbocycles. The van der Waals surface area contributed by atoms with Crippen LogP contribution in [-0.2, 0) is 0 Å². The number of para-hydroxylation sites is 1. The van der Waals surface area contributed by atoms with Crippen LogP contribution < -0.4 is 15.8 Å². The Bertz CT molecular complexity index is 367. The minimum Gasteiger partial charge on any atom is -0.489 e. The van der Waals surface area contributed by atoms with Crippen LogP contribution in [-0.4, -0.2) is 24.4 Å². The van der Waals surface area contributed by atoms with Crippen molar-refractivity contribution in [3.63, 3.8) is 0 Å². The molecule has 1 unspecified atom stereocenters. The van der Waals surface area contributed by atoms with Gasteiger partial charge >= 0.3 is 0 Å². The van der Waals surface area contributed by atoms with Crippen molar-refractivity contribution in [3.8, 4) is 5.75 Å². The number of nitrogen functional groups attached to an aromatic ring is 1. The summed E-state index contributed by atoms with van der Waals surface area (Å²) in [5.41, 5.74) is 7.58. The Balaban J connectivity index is 2.65. The first-order valence-electron chi connectivity index (χ1n) is 6.44. The molecule has 4 heteroatoms. The van der Waals surface area contributed by atoms with Crippen molar-refractivity contribution in [3.05, 3.63) is 18.2 Å². The average Bonchev–Trinajstić information content (AvgIpc) is 2.30. The summed E-state index contributed by atoms with van der Waals surface area (Å²) in [6, 6.07) is 5.74. The molecule has 0 radical (unpaired) electrons. The smallest absolute Gasteiger partial charge is 0.144 e. The van der Waals surface area contributed by atoms with Crippen molar-refractivity contribution >= 4 is 11.4 Å². The number of aliphatic hydroxyl groups excluding tert-OH is 1. The number of benzene rings is 1. The second kappa shape index (κ2) is 7.11. The third-order valence-electron chi connectivity index (χ3n) is 2.69. The maximum atomic E-state index is 8.86. The normalized spacial score (nSPS) is 12.5. The molecule has 1 rings (SSSR count). The van der Waals surface area contributed by atoms with Crippen LogP contribution in [0.2, 0.25) is 0 Å². The van der Waals surface area contributed by atoms with Crippen molar-refractivity contribution in [2.45, 2.75) is 33.3 Å². The summed E-state index contributed by atoms with van der Waals surface area (Å²) in [6.07, 6.45) is 0.894. The molecular weight excluding hydrogens is 228 g/mol. The molecule has 0 aromatic heterocycles. The van der Waals surface area contributed by atoms with Crippen molar-refractivity contribution in [1.82, 2.24) is 0 Å². The first kappa shape index (κ1) is 14.6. The Hall–Kier alpha value is -1.42. The highest BCUT2D eigenvalue weighted by molar-refractivity contribution is 5.72. The largest absolute Gasteiger partial charge is 0.489 e. The van der Waals surface area contributed by atoms with E-state index in [0.29, 0.717) is 17.4 Å². The molecule has 1 aromatic rings. The lowest BCUT2D eigenvalue weighted by Gasteiger charge is -2.17. The summed E-state index contributed by atoms with van der Waals surface area (Å²) in [5, 5.41) is 12.2. The number of rotatable bonds is 7. The quantitative estimate of drug-likeness (QED) is 0.652. The Morgan fingerprint density at radius 1 is 1.33 bits per heavy atom. The molecule has 0 aliphatic rings. The van der Waals surface area contributed by atoms with Crippen LogP contribution in [0.25, 0.3) is 0 Å². The van der Waals surface area contributed by atoms with E-state index in [0.717, 1.165) is 18.7 Å². The topological polar surface area (TPSA) is 67.5 Å². The lowest BCUT2D eigenvalue weighted by Crippen LogP contribution is -2.14. The number of anilines is 2. The van der Waals surface area contributed by atoms with Crippen LogP contribution in [0.3, 0.4) is 0 Å². The van der Waals surface area contributed by atoms with Gasteiger partial charge in [0.2, 0.25) is 0 Å². The molecule has 0 spiro atoms. The maximum absolute atomic E-state index is 8.86. The van der Waals surface area contributed by atoms with E-state index in [2.05, 4.69) is 12.2 Å². The predicted molar refractivity (Wildman–Crippen MR) is 76.0 cm³/mol. The Labute approximate surface area is 109 Å². The van der Waals surface area contributed by atoms with Crippen LogP contribution in [0.15, 0.2) is 18.2 Å². The molecule has 0 fully saturated rings. The zero-order chi connectivity index (χ0) is 13.5. The molecule has 18 heavy (non-hydrogen) atoms. The summed E-state index contributed by atoms with van der Waals surface area (Å²) < 4.78 is 5.63. The van der Waals surface area contributed by atoms with Gasteiger partial charge in [-0.25, -0.2) is 0 Å². The van der Waals surface area contributed by atoms with E-state index in [9.17, 15) is 0 Å². The summed E-state index contributed by atoms with van der Waals surface area (Å²) in [6.45, 7) is 7.05. The van der Waals surface area contributed by atoms with Crippen LogP contribution >= 0.6 is 0 Å². The standard InChI is InChI=1S/C14H24N2O2/c1-10(2)18-13-6-4-5-12(14(13)15)16-9-11(3)7-8-17/h4-6,10-11,16-17H,7-9,15H2,1-3H3. The zero-order valence-electron chi connectivity index (χ0n) is 11.4. The molecule has 0 aliphatic heterocycles. The lowest BCUT2D eigenvalue weighted by atomic mass is 10.1. The molecule has 4 nitrogen and oxygen atoms in total. The Kier molecular flexibility index (Phi) is 5.78. The molecule has 0 saturated heterocycles. The highest BCUT2D eigenvalue weighted by Gasteiger charge is 2.08. The van der Waals surface area contributed by atoms with Crippen molar-refractivity contribution in [2.24, 2.45) is 5.92 Å². The molecule has 0 amide bonds. The van der Waals surface area contributed by atoms with Gasteiger partial charge in [0, 0.05) is 13.2 Å². The second-order valence-electron chi connectivity index (χ2n) is 4.88. The summed E-state index contributed by atoms with van der Waals surface area (Å²) >= 11 is 0. The first-order chi connectivity index (χ1) is 8.54. The third-order valence-corrected chi connectivity index (χ3v) is 2.69. The van der Waals surface area contributed by atoms with Gasteiger partial charge in [0.15, 0.2) is 0 Å².